The average Bonchev–Trinajstić information content (AvgIpc) is 2.38. The zero-order valence-electron chi connectivity index (χ0n) is 9.59. The molecule has 2 rings (SSSR count). The molecule has 100 valence electrons. The smallest absolute Gasteiger partial charge is 0.144 e. The Balaban J connectivity index is 2.24. The Bertz CT molecular complexity index is 622. The van der Waals surface area contributed by atoms with Gasteiger partial charge in [0, 0.05) is 26.9 Å². The Labute approximate surface area is 127 Å². The van der Waals surface area contributed by atoms with E-state index < -0.39 is 11.6 Å². The van der Waals surface area contributed by atoms with Crippen LogP contribution in [0.1, 0.15) is 5.56 Å². The van der Waals surface area contributed by atoms with Gasteiger partial charge in [-0.3, -0.25) is 0 Å². The van der Waals surface area contributed by atoms with Gasteiger partial charge >= 0.3 is 0 Å². The molecule has 2 N–H and O–H groups in total. The molecule has 0 aliphatic carbocycles. The van der Waals surface area contributed by atoms with Gasteiger partial charge in [-0.2, -0.15) is 0 Å². The maximum absolute atomic E-state index is 13.8. The quantitative estimate of drug-likeness (QED) is 0.457. The number of nitrogens with two attached hydrogens (primary N) is 1. The third-order valence-electron chi connectivity index (χ3n) is 2.49. The maximum Gasteiger partial charge on any atom is 0.144 e. The van der Waals surface area contributed by atoms with Gasteiger partial charge in [0.25, 0.3) is 0 Å². The number of hydrogen-bond acceptors (Lipinski definition) is 2. The summed E-state index contributed by atoms with van der Waals surface area (Å²) in [6.07, 6.45) is 0. The van der Waals surface area contributed by atoms with Crippen molar-refractivity contribution < 1.29 is 8.78 Å². The minimum absolute atomic E-state index is 0.0127. The molecule has 0 bridgehead atoms. The van der Waals surface area contributed by atoms with Crippen molar-refractivity contribution >= 4 is 45.0 Å². The molecular formula is C13H9BrClF2NS. The van der Waals surface area contributed by atoms with E-state index in [-0.39, 0.29) is 15.8 Å². The summed E-state index contributed by atoms with van der Waals surface area (Å²) in [5.41, 5.74) is 6.33. The van der Waals surface area contributed by atoms with Crippen molar-refractivity contribution in [3.63, 3.8) is 0 Å². The standard InChI is InChI=1S/C13H9BrClF2NS/c14-9-2-3-10(16)8(13(9)17)6-19-12-5-7(15)1-4-11(12)18/h1-5H,6,18H2. The second-order valence-electron chi connectivity index (χ2n) is 3.79. The van der Waals surface area contributed by atoms with Gasteiger partial charge in [-0.15, -0.1) is 11.8 Å². The Hall–Kier alpha value is -0.780. The third-order valence-corrected chi connectivity index (χ3v) is 4.43. The van der Waals surface area contributed by atoms with Crippen LogP contribution < -0.4 is 5.73 Å². The van der Waals surface area contributed by atoms with Crippen LogP contribution in [0, 0.1) is 11.6 Å². The lowest BCUT2D eigenvalue weighted by molar-refractivity contribution is 0.562. The van der Waals surface area contributed by atoms with Crippen LogP contribution in [0.3, 0.4) is 0 Å². The summed E-state index contributed by atoms with van der Waals surface area (Å²) in [7, 11) is 0. The minimum Gasteiger partial charge on any atom is -0.398 e. The summed E-state index contributed by atoms with van der Waals surface area (Å²) in [4.78, 5) is 0.700. The number of nitrogen functional groups attached to an aromatic ring is 1. The van der Waals surface area contributed by atoms with Gasteiger partial charge in [-0.1, -0.05) is 11.6 Å². The van der Waals surface area contributed by atoms with Gasteiger partial charge < -0.3 is 5.73 Å². The van der Waals surface area contributed by atoms with Crippen molar-refractivity contribution in [2.75, 3.05) is 5.73 Å². The van der Waals surface area contributed by atoms with Crippen LogP contribution in [0.2, 0.25) is 5.02 Å². The van der Waals surface area contributed by atoms with Crippen molar-refractivity contribution in [3.8, 4) is 0 Å². The molecule has 0 saturated heterocycles. The summed E-state index contributed by atoms with van der Waals surface area (Å²) in [6.45, 7) is 0. The summed E-state index contributed by atoms with van der Waals surface area (Å²) < 4.78 is 27.6. The van der Waals surface area contributed by atoms with Gasteiger partial charge in [-0.25, -0.2) is 8.78 Å². The lowest BCUT2D eigenvalue weighted by atomic mass is 10.2. The van der Waals surface area contributed by atoms with Gasteiger partial charge in [0.15, 0.2) is 0 Å². The Morgan fingerprint density at radius 2 is 1.95 bits per heavy atom. The number of rotatable bonds is 3. The van der Waals surface area contributed by atoms with Gasteiger partial charge in [0.1, 0.15) is 11.6 Å². The molecule has 0 aliphatic heterocycles. The first-order valence-electron chi connectivity index (χ1n) is 5.29. The van der Waals surface area contributed by atoms with Crippen LogP contribution in [0.4, 0.5) is 14.5 Å². The molecule has 0 saturated carbocycles. The molecule has 0 heterocycles. The molecule has 1 nitrogen and oxygen atoms in total. The van der Waals surface area contributed by atoms with E-state index in [2.05, 4.69) is 15.9 Å². The lowest BCUT2D eigenvalue weighted by Gasteiger charge is -2.08. The van der Waals surface area contributed by atoms with Gasteiger partial charge in [-0.05, 0) is 46.3 Å². The topological polar surface area (TPSA) is 26.0 Å². The fraction of sp³-hybridized carbons (Fsp3) is 0.0769. The molecule has 2 aromatic rings. The van der Waals surface area contributed by atoms with Crippen molar-refractivity contribution in [2.24, 2.45) is 0 Å². The fourth-order valence-corrected chi connectivity index (χ4v) is 3.10. The second kappa shape index (κ2) is 6.11. The molecule has 6 heteroatoms. The van der Waals surface area contributed by atoms with Crippen LogP contribution in [-0.2, 0) is 5.75 Å². The normalized spacial score (nSPS) is 10.7. The number of thioether (sulfide) groups is 1. The summed E-state index contributed by atoms with van der Waals surface area (Å²) in [5, 5.41) is 0.534. The SMILES string of the molecule is Nc1ccc(Cl)cc1SCc1c(F)ccc(Br)c1F. The van der Waals surface area contributed by atoms with Gasteiger partial charge in [0.2, 0.25) is 0 Å². The van der Waals surface area contributed by atoms with E-state index in [9.17, 15) is 8.78 Å². The maximum atomic E-state index is 13.8. The molecule has 0 unspecified atom stereocenters. The molecule has 2 aromatic carbocycles. The molecule has 0 atom stereocenters. The molecular weight excluding hydrogens is 356 g/mol. The highest BCUT2D eigenvalue weighted by atomic mass is 79.9. The number of anilines is 1. The zero-order valence-corrected chi connectivity index (χ0v) is 12.7. The predicted molar refractivity (Wildman–Crippen MR) is 79.5 cm³/mol. The van der Waals surface area contributed by atoms with Crippen LogP contribution in [0.25, 0.3) is 0 Å². The molecule has 0 aliphatic rings. The van der Waals surface area contributed by atoms with E-state index in [4.69, 9.17) is 17.3 Å². The van der Waals surface area contributed by atoms with Crippen LogP contribution in [0.15, 0.2) is 39.7 Å². The molecule has 0 spiro atoms. The first kappa shape index (κ1) is 14.6. The van der Waals surface area contributed by atoms with E-state index >= 15 is 0 Å². The highest BCUT2D eigenvalue weighted by molar-refractivity contribution is 9.10. The predicted octanol–water partition coefficient (Wildman–Crippen LogP) is 5.26. The lowest BCUT2D eigenvalue weighted by Crippen LogP contribution is -1.95. The van der Waals surface area contributed by atoms with Crippen LogP contribution in [-0.4, -0.2) is 0 Å². The molecule has 0 amide bonds. The Kier molecular flexibility index (Phi) is 4.71. The first-order valence-corrected chi connectivity index (χ1v) is 7.45. The first-order chi connectivity index (χ1) is 8.99. The van der Waals surface area contributed by atoms with Gasteiger partial charge in [0.05, 0.1) is 4.47 Å². The van der Waals surface area contributed by atoms with Crippen LogP contribution >= 0.6 is 39.3 Å². The van der Waals surface area contributed by atoms with Crippen LogP contribution in [0.5, 0.6) is 0 Å². The highest BCUT2D eigenvalue weighted by Gasteiger charge is 2.13. The van der Waals surface area contributed by atoms with Crippen molar-refractivity contribution in [3.05, 3.63) is 57.0 Å². The number of halogens is 4. The third kappa shape index (κ3) is 3.41. The Morgan fingerprint density at radius 3 is 2.68 bits per heavy atom. The average molecular weight is 365 g/mol. The molecule has 0 aromatic heterocycles. The largest absolute Gasteiger partial charge is 0.398 e. The highest BCUT2D eigenvalue weighted by Crippen LogP contribution is 2.33. The van der Waals surface area contributed by atoms with Crippen molar-refractivity contribution in [1.29, 1.82) is 0 Å². The van der Waals surface area contributed by atoms with E-state index in [1.54, 1.807) is 18.2 Å². The summed E-state index contributed by atoms with van der Waals surface area (Å²) in [6, 6.07) is 7.58. The van der Waals surface area contributed by atoms with E-state index in [0.29, 0.717) is 15.6 Å². The van der Waals surface area contributed by atoms with E-state index in [1.807, 2.05) is 0 Å². The fourth-order valence-electron chi connectivity index (χ4n) is 1.48. The molecule has 0 fully saturated rings. The number of benzene rings is 2. The zero-order chi connectivity index (χ0) is 14.0. The molecule has 0 radical (unpaired) electrons. The van der Waals surface area contributed by atoms with E-state index in [0.717, 1.165) is 0 Å². The Morgan fingerprint density at radius 1 is 1.21 bits per heavy atom. The monoisotopic (exact) mass is 363 g/mol. The number of hydrogen-bond donors (Lipinski definition) is 1. The minimum atomic E-state index is -0.590. The van der Waals surface area contributed by atoms with Crippen molar-refractivity contribution in [2.45, 2.75) is 10.6 Å². The second-order valence-corrected chi connectivity index (χ2v) is 6.10. The summed E-state index contributed by atoms with van der Waals surface area (Å²) >= 11 is 10.1. The van der Waals surface area contributed by atoms with E-state index in [1.165, 1.54) is 23.9 Å². The van der Waals surface area contributed by atoms with Crippen molar-refractivity contribution in [1.82, 2.24) is 0 Å². The summed E-state index contributed by atoms with van der Waals surface area (Å²) in [5.74, 6) is -1.02. The molecule has 19 heavy (non-hydrogen) atoms.